The Morgan fingerprint density at radius 2 is 1.48 bits per heavy atom. The summed E-state index contributed by atoms with van der Waals surface area (Å²) in [5.41, 5.74) is -0.990. The molecule has 0 aliphatic rings. The zero-order valence-corrected chi connectivity index (χ0v) is 16.5. The molecule has 1 heterocycles. The van der Waals surface area contributed by atoms with Crippen molar-refractivity contribution in [2.45, 2.75) is 25.2 Å². The topological polar surface area (TPSA) is 35.0 Å². The molecule has 0 spiro atoms. The Labute approximate surface area is 178 Å². The normalized spacial score (nSPS) is 11.9. The molecule has 0 amide bonds. The van der Waals surface area contributed by atoms with Gasteiger partial charge in [-0.05, 0) is 35.2 Å². The van der Waals surface area contributed by atoms with Crippen molar-refractivity contribution < 1.29 is 31.1 Å². The first-order chi connectivity index (χ1) is 14.5. The van der Waals surface area contributed by atoms with E-state index in [1.807, 2.05) is 0 Å². The molecule has 3 aromatic rings. The van der Waals surface area contributed by atoms with Crippen molar-refractivity contribution in [2.24, 2.45) is 0 Å². The second-order valence-corrected chi connectivity index (χ2v) is 6.82. The van der Waals surface area contributed by atoms with Crippen LogP contribution in [-0.4, -0.2) is 15.3 Å². The van der Waals surface area contributed by atoms with Crippen LogP contribution in [0.4, 0.5) is 26.3 Å². The highest BCUT2D eigenvalue weighted by atomic mass is 32.1. The lowest BCUT2D eigenvalue weighted by Crippen LogP contribution is -2.07. The minimum atomic E-state index is -4.54. The van der Waals surface area contributed by atoms with Crippen molar-refractivity contribution in [3.05, 3.63) is 82.8 Å². The van der Waals surface area contributed by atoms with E-state index in [0.29, 0.717) is 11.3 Å². The molecule has 0 aliphatic heterocycles. The highest BCUT2D eigenvalue weighted by Gasteiger charge is 2.31. The molecule has 0 unspecified atom stereocenters. The van der Waals surface area contributed by atoms with Gasteiger partial charge in [-0.3, -0.25) is 0 Å². The van der Waals surface area contributed by atoms with E-state index in [9.17, 15) is 26.3 Å². The second kappa shape index (κ2) is 9.01. The zero-order chi connectivity index (χ0) is 22.6. The largest absolute Gasteiger partial charge is 0.439 e. The molecule has 0 fully saturated rings. The lowest BCUT2D eigenvalue weighted by molar-refractivity contribution is -0.138. The molecule has 0 N–H and O–H groups in total. The molecule has 2 aromatic carbocycles. The molecule has 0 saturated carbocycles. The van der Waals surface area contributed by atoms with Gasteiger partial charge in [-0.15, -0.1) is 0 Å². The van der Waals surface area contributed by atoms with Crippen molar-refractivity contribution in [3.63, 3.8) is 0 Å². The number of hydrogen-bond donors (Lipinski definition) is 0. The predicted molar refractivity (Wildman–Crippen MR) is 105 cm³/mol. The van der Waals surface area contributed by atoms with Gasteiger partial charge in [-0.25, -0.2) is 4.98 Å². The summed E-state index contributed by atoms with van der Waals surface area (Å²) < 4.78 is 83.1. The summed E-state index contributed by atoms with van der Waals surface area (Å²) >= 11 is 4.80. The molecule has 0 radical (unpaired) electrons. The van der Waals surface area contributed by atoms with Gasteiger partial charge in [0.15, 0.2) is 0 Å². The van der Waals surface area contributed by atoms with Gasteiger partial charge in [0, 0.05) is 18.9 Å². The van der Waals surface area contributed by atoms with E-state index < -0.39 is 23.5 Å². The summed E-state index contributed by atoms with van der Waals surface area (Å²) in [6, 6.07) is 10.4. The maximum atomic E-state index is 13.0. The first-order valence-electron chi connectivity index (χ1n) is 8.86. The quantitative estimate of drug-likeness (QED) is 0.316. The minimum absolute atomic E-state index is 0.0375. The molecule has 3 rings (SSSR count). The number of benzene rings is 2. The Bertz CT molecular complexity index is 1000. The van der Waals surface area contributed by atoms with E-state index >= 15 is 0 Å². The van der Waals surface area contributed by atoms with E-state index in [1.165, 1.54) is 35.7 Å². The fraction of sp³-hybridized carbons (Fsp3) is 0.190. The van der Waals surface area contributed by atoms with Gasteiger partial charge in [0.1, 0.15) is 11.6 Å². The summed E-state index contributed by atoms with van der Waals surface area (Å²) in [5, 5.41) is 1.36. The van der Waals surface area contributed by atoms with Crippen molar-refractivity contribution in [1.82, 2.24) is 9.97 Å². The van der Waals surface area contributed by atoms with Crippen molar-refractivity contribution in [2.75, 3.05) is 0 Å². The number of rotatable bonds is 6. The molecule has 0 saturated heterocycles. The third-order valence-corrected chi connectivity index (χ3v) is 4.26. The Morgan fingerprint density at radius 1 is 0.839 bits per heavy atom. The summed E-state index contributed by atoms with van der Waals surface area (Å²) in [6.45, 7) is 0. The molecule has 162 valence electrons. The number of hydrogen-bond acceptors (Lipinski definition) is 4. The van der Waals surface area contributed by atoms with E-state index in [4.69, 9.17) is 17.0 Å². The summed E-state index contributed by atoms with van der Waals surface area (Å²) in [7, 11) is 0. The third kappa shape index (κ3) is 6.24. The number of halogens is 6. The maximum Gasteiger partial charge on any atom is 0.416 e. The van der Waals surface area contributed by atoms with Gasteiger partial charge < -0.3 is 4.74 Å². The monoisotopic (exact) mass is 456 g/mol. The van der Waals surface area contributed by atoms with E-state index in [2.05, 4.69) is 9.97 Å². The number of alkyl halides is 6. The molecule has 0 bridgehead atoms. The number of nitrogens with zero attached hydrogens (tertiary/aromatic N) is 2. The van der Waals surface area contributed by atoms with Crippen LogP contribution in [0.2, 0.25) is 0 Å². The van der Waals surface area contributed by atoms with Gasteiger partial charge in [0.05, 0.1) is 16.8 Å². The van der Waals surface area contributed by atoms with Crippen LogP contribution in [-0.2, 0) is 25.2 Å². The first kappa shape index (κ1) is 22.7. The van der Waals surface area contributed by atoms with E-state index in [0.717, 1.165) is 24.3 Å². The summed E-state index contributed by atoms with van der Waals surface area (Å²) in [6.07, 6.45) is -8.81. The molecule has 3 nitrogen and oxygen atoms in total. The summed E-state index contributed by atoms with van der Waals surface area (Å²) in [4.78, 5) is 8.37. The standard InChI is InChI=1S/C21H14F6N2OS/c22-20(23,24)14-4-1-3-13(9-14)10-16-12-19(29-18(28-16)7-8-31)30-17-6-2-5-15(11-17)21(25,26)27/h1-6,8-9,11-12H,7,10H2. The van der Waals surface area contributed by atoms with Crippen LogP contribution in [0, 0.1) is 0 Å². The van der Waals surface area contributed by atoms with Crippen LogP contribution in [0.1, 0.15) is 28.2 Å². The Balaban J connectivity index is 1.91. The molecule has 10 heteroatoms. The van der Waals surface area contributed by atoms with E-state index in [1.54, 1.807) is 0 Å². The zero-order valence-electron chi connectivity index (χ0n) is 15.7. The fourth-order valence-corrected chi connectivity index (χ4v) is 2.91. The highest BCUT2D eigenvalue weighted by molar-refractivity contribution is 7.78. The van der Waals surface area contributed by atoms with Crippen molar-refractivity contribution >= 4 is 17.6 Å². The van der Waals surface area contributed by atoms with Crippen LogP contribution in [0.5, 0.6) is 11.6 Å². The van der Waals surface area contributed by atoms with Crippen molar-refractivity contribution in [1.29, 1.82) is 0 Å². The first-order valence-corrected chi connectivity index (χ1v) is 9.33. The van der Waals surface area contributed by atoms with Gasteiger partial charge in [-0.1, -0.05) is 36.5 Å². The molecule has 1 aromatic heterocycles. The van der Waals surface area contributed by atoms with Crippen molar-refractivity contribution in [3.8, 4) is 11.6 Å². The van der Waals surface area contributed by atoms with E-state index in [-0.39, 0.29) is 30.3 Å². The van der Waals surface area contributed by atoms with Gasteiger partial charge >= 0.3 is 12.4 Å². The average Bonchev–Trinajstić information content (AvgIpc) is 2.67. The lowest BCUT2D eigenvalue weighted by Gasteiger charge is -2.12. The predicted octanol–water partition coefficient (Wildman–Crippen LogP) is 6.44. The molecule has 0 atom stereocenters. The minimum Gasteiger partial charge on any atom is -0.439 e. The SMILES string of the molecule is FC(F)(F)c1cccc(Cc2cc(Oc3cccc(C(F)(F)F)c3)nc(CC=S)n2)c1. The fourth-order valence-electron chi connectivity index (χ4n) is 2.76. The molecule has 0 aliphatic carbocycles. The Morgan fingerprint density at radius 3 is 2.13 bits per heavy atom. The van der Waals surface area contributed by atoms with Crippen LogP contribution in [0.25, 0.3) is 0 Å². The lowest BCUT2D eigenvalue weighted by atomic mass is 10.1. The van der Waals surface area contributed by atoms with Crippen LogP contribution in [0.15, 0.2) is 54.6 Å². The number of aromatic nitrogens is 2. The highest BCUT2D eigenvalue weighted by Crippen LogP contribution is 2.33. The number of ether oxygens (including phenoxy) is 1. The Kier molecular flexibility index (Phi) is 6.59. The summed E-state index contributed by atoms with van der Waals surface area (Å²) in [5.74, 6) is 0.108. The molecular formula is C21H14F6N2OS. The third-order valence-electron chi connectivity index (χ3n) is 4.09. The number of thiocarbonyl (C=S) groups is 1. The average molecular weight is 456 g/mol. The van der Waals surface area contributed by atoms with Gasteiger partial charge in [-0.2, -0.15) is 31.3 Å². The molecule has 31 heavy (non-hydrogen) atoms. The van der Waals surface area contributed by atoms with Gasteiger partial charge in [0.2, 0.25) is 5.88 Å². The second-order valence-electron chi connectivity index (χ2n) is 6.49. The van der Waals surface area contributed by atoms with Gasteiger partial charge in [0.25, 0.3) is 0 Å². The smallest absolute Gasteiger partial charge is 0.416 e. The van der Waals surface area contributed by atoms with Crippen LogP contribution >= 0.6 is 12.2 Å². The maximum absolute atomic E-state index is 13.0. The van der Waals surface area contributed by atoms with Crippen LogP contribution < -0.4 is 4.74 Å². The van der Waals surface area contributed by atoms with Crippen LogP contribution in [0.3, 0.4) is 0 Å². The molecular weight excluding hydrogens is 442 g/mol. The Hall–Kier alpha value is -3.01.